The lowest BCUT2D eigenvalue weighted by molar-refractivity contribution is 0.0528. The highest BCUT2D eigenvalue weighted by Gasteiger charge is 2.21. The molecular formula is C16H25FN2O2. The van der Waals surface area contributed by atoms with E-state index < -0.39 is 5.60 Å². The zero-order valence-electron chi connectivity index (χ0n) is 13.6. The van der Waals surface area contributed by atoms with Crippen molar-refractivity contribution in [1.82, 2.24) is 10.2 Å². The molecule has 2 amide bonds. The number of halogens is 1. The first kappa shape index (κ1) is 17.4. The first-order chi connectivity index (χ1) is 9.51. The van der Waals surface area contributed by atoms with Gasteiger partial charge >= 0.3 is 6.03 Å². The summed E-state index contributed by atoms with van der Waals surface area (Å²) in [6, 6.07) is 2.97. The maximum absolute atomic E-state index is 13.6. The van der Waals surface area contributed by atoms with Crippen molar-refractivity contribution in [2.75, 3.05) is 13.6 Å². The molecule has 0 radical (unpaired) electrons. The Morgan fingerprint density at radius 2 is 1.86 bits per heavy atom. The molecule has 0 aliphatic heterocycles. The Labute approximate surface area is 126 Å². The Kier molecular flexibility index (Phi) is 5.34. The van der Waals surface area contributed by atoms with Gasteiger partial charge in [-0.25, -0.2) is 9.18 Å². The summed E-state index contributed by atoms with van der Waals surface area (Å²) in [7, 11) is 1.63. The average molecular weight is 296 g/mol. The van der Waals surface area contributed by atoms with Crippen molar-refractivity contribution < 1.29 is 14.3 Å². The third-order valence-electron chi connectivity index (χ3n) is 3.27. The number of amides is 2. The largest absolute Gasteiger partial charge is 0.389 e. The van der Waals surface area contributed by atoms with Gasteiger partial charge in [0.05, 0.1) is 18.2 Å². The highest BCUT2D eigenvalue weighted by molar-refractivity contribution is 5.74. The molecule has 118 valence electrons. The number of aryl methyl sites for hydroxylation is 2. The Balaban J connectivity index is 2.77. The number of aliphatic hydroxyl groups is 1. The van der Waals surface area contributed by atoms with Crippen LogP contribution in [0.25, 0.3) is 0 Å². The van der Waals surface area contributed by atoms with Crippen molar-refractivity contribution in [3.8, 4) is 0 Å². The third-order valence-corrected chi connectivity index (χ3v) is 3.27. The van der Waals surface area contributed by atoms with Crippen molar-refractivity contribution in [3.05, 3.63) is 34.6 Å². The Hall–Kier alpha value is -1.62. The summed E-state index contributed by atoms with van der Waals surface area (Å²) >= 11 is 0. The van der Waals surface area contributed by atoms with Crippen LogP contribution in [0.5, 0.6) is 0 Å². The molecule has 4 nitrogen and oxygen atoms in total. The molecule has 0 heterocycles. The van der Waals surface area contributed by atoms with Gasteiger partial charge in [0.25, 0.3) is 0 Å². The minimum Gasteiger partial charge on any atom is -0.389 e. The fourth-order valence-electron chi connectivity index (χ4n) is 2.26. The lowest BCUT2D eigenvalue weighted by Gasteiger charge is -2.27. The van der Waals surface area contributed by atoms with E-state index in [1.54, 1.807) is 46.9 Å². The number of hydrogen-bond acceptors (Lipinski definition) is 2. The highest BCUT2D eigenvalue weighted by Crippen LogP contribution is 2.20. The number of benzene rings is 1. The summed E-state index contributed by atoms with van der Waals surface area (Å²) in [5.41, 5.74) is 1.04. The van der Waals surface area contributed by atoms with Crippen LogP contribution in [0.3, 0.4) is 0 Å². The molecule has 0 aliphatic rings. The van der Waals surface area contributed by atoms with Gasteiger partial charge in [0.15, 0.2) is 0 Å². The van der Waals surface area contributed by atoms with Crippen LogP contribution in [0.1, 0.15) is 43.5 Å². The van der Waals surface area contributed by atoms with Gasteiger partial charge in [-0.3, -0.25) is 0 Å². The number of hydrogen-bond donors (Lipinski definition) is 2. The van der Waals surface area contributed by atoms with Gasteiger partial charge in [-0.1, -0.05) is 12.1 Å². The van der Waals surface area contributed by atoms with Crippen LogP contribution in [0.4, 0.5) is 9.18 Å². The van der Waals surface area contributed by atoms with Crippen molar-refractivity contribution in [1.29, 1.82) is 0 Å². The number of urea groups is 1. The number of nitrogens with one attached hydrogen (secondary N) is 1. The van der Waals surface area contributed by atoms with Crippen LogP contribution in [0.15, 0.2) is 12.1 Å². The molecule has 0 bridgehead atoms. The number of carbonyl (C=O) groups is 1. The van der Waals surface area contributed by atoms with Gasteiger partial charge in [0.1, 0.15) is 5.82 Å². The summed E-state index contributed by atoms with van der Waals surface area (Å²) in [6.07, 6.45) is 0. The maximum Gasteiger partial charge on any atom is 0.317 e. The minimum absolute atomic E-state index is 0.212. The molecule has 1 aromatic carbocycles. The molecule has 0 spiro atoms. The van der Waals surface area contributed by atoms with Gasteiger partial charge in [-0.05, 0) is 51.3 Å². The van der Waals surface area contributed by atoms with Crippen molar-refractivity contribution in [3.63, 3.8) is 0 Å². The zero-order valence-corrected chi connectivity index (χ0v) is 13.6. The van der Waals surface area contributed by atoms with Crippen LogP contribution in [0.2, 0.25) is 0 Å². The molecule has 0 aliphatic carbocycles. The van der Waals surface area contributed by atoms with E-state index in [1.165, 1.54) is 4.90 Å². The van der Waals surface area contributed by atoms with E-state index in [4.69, 9.17) is 0 Å². The van der Waals surface area contributed by atoms with Crippen LogP contribution >= 0.6 is 0 Å². The molecule has 1 unspecified atom stereocenters. The van der Waals surface area contributed by atoms with E-state index in [1.807, 2.05) is 6.92 Å². The topological polar surface area (TPSA) is 52.6 Å². The van der Waals surface area contributed by atoms with Crippen molar-refractivity contribution in [2.24, 2.45) is 0 Å². The quantitative estimate of drug-likeness (QED) is 0.897. The Morgan fingerprint density at radius 1 is 1.38 bits per heavy atom. The second-order valence-electron chi connectivity index (χ2n) is 6.31. The first-order valence-corrected chi connectivity index (χ1v) is 7.02. The maximum atomic E-state index is 13.6. The number of rotatable bonds is 4. The summed E-state index contributed by atoms with van der Waals surface area (Å²) in [5.74, 6) is -0.212. The van der Waals surface area contributed by atoms with Crippen LogP contribution in [0, 0.1) is 19.7 Å². The summed E-state index contributed by atoms with van der Waals surface area (Å²) < 4.78 is 13.6. The van der Waals surface area contributed by atoms with Gasteiger partial charge in [0, 0.05) is 7.05 Å². The molecule has 0 saturated carbocycles. The Bertz CT molecular complexity index is 500. The predicted octanol–water partition coefficient (Wildman–Crippen LogP) is 2.92. The van der Waals surface area contributed by atoms with E-state index in [0.717, 1.165) is 5.56 Å². The molecule has 5 heteroatoms. The van der Waals surface area contributed by atoms with Gasteiger partial charge in [0.2, 0.25) is 0 Å². The normalized spacial score (nSPS) is 13.0. The molecule has 1 rings (SSSR count). The molecule has 21 heavy (non-hydrogen) atoms. The van der Waals surface area contributed by atoms with E-state index in [2.05, 4.69) is 5.32 Å². The summed E-state index contributed by atoms with van der Waals surface area (Å²) in [4.78, 5) is 13.5. The third kappa shape index (κ3) is 5.01. The molecule has 1 atom stereocenters. The van der Waals surface area contributed by atoms with Gasteiger partial charge in [-0.2, -0.15) is 0 Å². The summed E-state index contributed by atoms with van der Waals surface area (Å²) in [6.45, 7) is 8.79. The zero-order chi connectivity index (χ0) is 16.4. The average Bonchev–Trinajstić information content (AvgIpc) is 2.32. The molecule has 2 N–H and O–H groups in total. The molecular weight excluding hydrogens is 271 g/mol. The molecule has 0 aromatic heterocycles. The smallest absolute Gasteiger partial charge is 0.317 e. The highest BCUT2D eigenvalue weighted by atomic mass is 19.1. The Morgan fingerprint density at radius 3 is 2.29 bits per heavy atom. The van der Waals surface area contributed by atoms with Crippen LogP contribution in [-0.2, 0) is 0 Å². The first-order valence-electron chi connectivity index (χ1n) is 7.02. The number of carbonyl (C=O) groups excluding carboxylic acids is 1. The SMILES string of the molecule is Cc1cc(C(C)NC(=O)N(C)CC(C)(C)O)cc(C)c1F. The van der Waals surface area contributed by atoms with E-state index in [0.29, 0.717) is 11.1 Å². The summed E-state index contributed by atoms with van der Waals surface area (Å²) in [5, 5.41) is 12.6. The lowest BCUT2D eigenvalue weighted by Crippen LogP contribution is -2.45. The van der Waals surface area contributed by atoms with Gasteiger partial charge < -0.3 is 15.3 Å². The van der Waals surface area contributed by atoms with E-state index in [9.17, 15) is 14.3 Å². The molecule has 1 aromatic rings. The number of likely N-dealkylation sites (N-methyl/N-ethyl adjacent to an activating group) is 1. The fourth-order valence-corrected chi connectivity index (χ4v) is 2.26. The van der Waals surface area contributed by atoms with Crippen molar-refractivity contribution >= 4 is 6.03 Å². The van der Waals surface area contributed by atoms with E-state index >= 15 is 0 Å². The predicted molar refractivity (Wildman–Crippen MR) is 81.7 cm³/mol. The van der Waals surface area contributed by atoms with E-state index in [-0.39, 0.29) is 24.4 Å². The van der Waals surface area contributed by atoms with Gasteiger partial charge in [-0.15, -0.1) is 0 Å². The monoisotopic (exact) mass is 296 g/mol. The van der Waals surface area contributed by atoms with Crippen LogP contribution in [-0.4, -0.2) is 35.2 Å². The second-order valence-corrected chi connectivity index (χ2v) is 6.31. The minimum atomic E-state index is -0.946. The lowest BCUT2D eigenvalue weighted by atomic mass is 10.0. The van der Waals surface area contributed by atoms with Crippen molar-refractivity contribution in [2.45, 2.75) is 46.3 Å². The molecule has 0 saturated heterocycles. The standard InChI is InChI=1S/C16H25FN2O2/c1-10-7-13(8-11(2)14(10)17)12(3)18-15(20)19(6)9-16(4,5)21/h7-8,12,21H,9H2,1-6H3,(H,18,20). The van der Waals surface area contributed by atoms with Crippen LogP contribution < -0.4 is 5.32 Å². The fraction of sp³-hybridized carbons (Fsp3) is 0.562. The number of nitrogens with zero attached hydrogens (tertiary/aromatic N) is 1. The molecule has 0 fully saturated rings. The second kappa shape index (κ2) is 6.43.